The Morgan fingerprint density at radius 3 is 2.62 bits per heavy atom. The van der Waals surface area contributed by atoms with Crippen LogP contribution in [0, 0.1) is 22.7 Å². The van der Waals surface area contributed by atoms with Gasteiger partial charge in [0.15, 0.2) is 11.5 Å². The summed E-state index contributed by atoms with van der Waals surface area (Å²) in [5, 5.41) is 21.0. The van der Waals surface area contributed by atoms with E-state index in [0.717, 1.165) is 5.56 Å². The quantitative estimate of drug-likeness (QED) is 0.400. The summed E-state index contributed by atoms with van der Waals surface area (Å²) in [7, 11) is 3.03. The number of nitrogens with one attached hydrogen (secondary N) is 1. The molecule has 0 fully saturated rings. The molecule has 148 valence electrons. The summed E-state index contributed by atoms with van der Waals surface area (Å²) >= 11 is 0. The lowest BCUT2D eigenvalue weighted by Gasteiger charge is -2.12. The van der Waals surface area contributed by atoms with E-state index >= 15 is 0 Å². The molecule has 0 bridgehead atoms. The van der Waals surface area contributed by atoms with Gasteiger partial charge in [-0.1, -0.05) is 24.3 Å². The Morgan fingerprint density at radius 2 is 1.93 bits per heavy atom. The number of nitrogens with zero attached hydrogens (tertiary/aromatic N) is 2. The van der Waals surface area contributed by atoms with Crippen molar-refractivity contribution < 1.29 is 19.0 Å². The van der Waals surface area contributed by atoms with Crippen molar-refractivity contribution in [1.29, 1.82) is 10.5 Å². The van der Waals surface area contributed by atoms with Gasteiger partial charge in [0.05, 0.1) is 25.3 Å². The van der Waals surface area contributed by atoms with Gasteiger partial charge in [0.2, 0.25) is 0 Å². The summed E-state index contributed by atoms with van der Waals surface area (Å²) < 4.78 is 16.0. The van der Waals surface area contributed by atoms with Crippen LogP contribution in [0.5, 0.6) is 11.5 Å². The summed E-state index contributed by atoms with van der Waals surface area (Å²) in [6.45, 7) is 0.883. The maximum atomic E-state index is 12.1. The molecule has 29 heavy (non-hydrogen) atoms. The predicted molar refractivity (Wildman–Crippen MR) is 107 cm³/mol. The Hall–Kier alpha value is -3.81. The SMILES string of the molecule is COCCNC(=O)/C(C#N)=C\c1ccc(OCc2ccccc2C#N)c(OC)c1. The molecule has 0 aromatic heterocycles. The van der Waals surface area contributed by atoms with Crippen LogP contribution in [0.15, 0.2) is 48.0 Å². The van der Waals surface area contributed by atoms with Gasteiger partial charge in [-0.25, -0.2) is 0 Å². The van der Waals surface area contributed by atoms with Gasteiger partial charge < -0.3 is 19.5 Å². The van der Waals surface area contributed by atoms with E-state index in [1.54, 1.807) is 30.3 Å². The Kier molecular flexibility index (Phi) is 8.25. The summed E-state index contributed by atoms with van der Waals surface area (Å²) in [6, 6.07) is 16.3. The van der Waals surface area contributed by atoms with Gasteiger partial charge in [-0.2, -0.15) is 10.5 Å². The molecule has 2 aromatic rings. The van der Waals surface area contributed by atoms with Crippen LogP contribution in [-0.4, -0.2) is 33.3 Å². The fraction of sp³-hybridized carbons (Fsp3) is 0.227. The van der Waals surface area contributed by atoms with E-state index in [2.05, 4.69) is 11.4 Å². The molecule has 0 aliphatic heterocycles. The minimum atomic E-state index is -0.475. The van der Waals surface area contributed by atoms with E-state index in [-0.39, 0.29) is 12.2 Å². The molecule has 1 N–H and O–H groups in total. The highest BCUT2D eigenvalue weighted by atomic mass is 16.5. The highest BCUT2D eigenvalue weighted by Crippen LogP contribution is 2.30. The van der Waals surface area contributed by atoms with Crippen LogP contribution in [0.2, 0.25) is 0 Å². The first kappa shape index (κ1) is 21.5. The molecule has 2 aromatic carbocycles. The molecular weight excluding hydrogens is 370 g/mol. The monoisotopic (exact) mass is 391 g/mol. The average Bonchev–Trinajstić information content (AvgIpc) is 2.76. The summed E-state index contributed by atoms with van der Waals surface area (Å²) in [5.74, 6) is 0.461. The fourth-order valence-corrected chi connectivity index (χ4v) is 2.48. The first-order valence-electron chi connectivity index (χ1n) is 8.80. The van der Waals surface area contributed by atoms with Crippen LogP contribution in [0.3, 0.4) is 0 Å². The first-order chi connectivity index (χ1) is 14.1. The maximum absolute atomic E-state index is 12.1. The van der Waals surface area contributed by atoms with Gasteiger partial charge in [-0.05, 0) is 29.8 Å². The predicted octanol–water partition coefficient (Wildman–Crippen LogP) is 2.82. The van der Waals surface area contributed by atoms with Crippen molar-refractivity contribution in [3.63, 3.8) is 0 Å². The Bertz CT molecular complexity index is 971. The minimum absolute atomic E-state index is 0.0280. The van der Waals surface area contributed by atoms with Crippen LogP contribution in [0.25, 0.3) is 6.08 Å². The third-order valence-electron chi connectivity index (χ3n) is 3.98. The van der Waals surface area contributed by atoms with Crippen LogP contribution >= 0.6 is 0 Å². The molecule has 0 saturated heterocycles. The van der Waals surface area contributed by atoms with Gasteiger partial charge in [-0.15, -0.1) is 0 Å². The van der Waals surface area contributed by atoms with E-state index < -0.39 is 5.91 Å². The second-order valence-electron chi connectivity index (χ2n) is 5.89. The van der Waals surface area contributed by atoms with Gasteiger partial charge in [-0.3, -0.25) is 4.79 Å². The molecular formula is C22H21N3O4. The number of benzene rings is 2. The standard InChI is InChI=1S/C22H21N3O4/c1-27-10-9-25-22(26)19(14-24)11-16-7-8-20(21(12-16)28-2)29-15-18-6-4-3-5-17(18)13-23/h3-8,11-12H,9-10,15H2,1-2H3,(H,25,26)/b19-11-. The molecule has 0 radical (unpaired) electrons. The normalized spacial score (nSPS) is 10.6. The van der Waals surface area contributed by atoms with Crippen LogP contribution in [0.4, 0.5) is 0 Å². The molecule has 7 nitrogen and oxygen atoms in total. The molecule has 1 amide bonds. The largest absolute Gasteiger partial charge is 0.493 e. The maximum Gasteiger partial charge on any atom is 0.262 e. The van der Waals surface area contributed by atoms with Gasteiger partial charge in [0.25, 0.3) is 5.91 Å². The molecule has 0 heterocycles. The summed E-state index contributed by atoms with van der Waals surface area (Å²) in [5.41, 5.74) is 1.90. The summed E-state index contributed by atoms with van der Waals surface area (Å²) in [4.78, 5) is 12.1. The van der Waals surface area contributed by atoms with Crippen LogP contribution in [0.1, 0.15) is 16.7 Å². The number of rotatable bonds is 9. The van der Waals surface area contributed by atoms with E-state index in [0.29, 0.717) is 35.8 Å². The molecule has 0 aliphatic rings. The van der Waals surface area contributed by atoms with Crippen molar-refractivity contribution in [2.45, 2.75) is 6.61 Å². The number of nitriles is 2. The van der Waals surface area contributed by atoms with Gasteiger partial charge >= 0.3 is 0 Å². The lowest BCUT2D eigenvalue weighted by molar-refractivity contribution is -0.117. The fourth-order valence-electron chi connectivity index (χ4n) is 2.48. The van der Waals surface area contributed by atoms with Crippen LogP contribution in [-0.2, 0) is 16.1 Å². The number of ether oxygens (including phenoxy) is 3. The number of carbonyl (C=O) groups excluding carboxylic acids is 1. The molecule has 0 atom stereocenters. The zero-order valence-electron chi connectivity index (χ0n) is 16.3. The van der Waals surface area contributed by atoms with E-state index in [1.165, 1.54) is 20.3 Å². The molecule has 0 aliphatic carbocycles. The van der Waals surface area contributed by atoms with E-state index in [1.807, 2.05) is 18.2 Å². The van der Waals surface area contributed by atoms with Crippen molar-refractivity contribution in [2.24, 2.45) is 0 Å². The van der Waals surface area contributed by atoms with Crippen molar-refractivity contribution in [2.75, 3.05) is 27.4 Å². The molecule has 0 saturated carbocycles. The second kappa shape index (κ2) is 11.1. The van der Waals surface area contributed by atoms with Crippen molar-refractivity contribution in [3.8, 4) is 23.6 Å². The van der Waals surface area contributed by atoms with Crippen molar-refractivity contribution >= 4 is 12.0 Å². The van der Waals surface area contributed by atoms with E-state index in [4.69, 9.17) is 14.2 Å². The highest BCUT2D eigenvalue weighted by molar-refractivity contribution is 6.01. The number of methoxy groups -OCH3 is 2. The third-order valence-corrected chi connectivity index (χ3v) is 3.98. The van der Waals surface area contributed by atoms with Gasteiger partial charge in [0.1, 0.15) is 18.2 Å². The van der Waals surface area contributed by atoms with E-state index in [9.17, 15) is 15.3 Å². The lowest BCUT2D eigenvalue weighted by Crippen LogP contribution is -2.27. The Labute approximate surface area is 169 Å². The first-order valence-corrected chi connectivity index (χ1v) is 8.80. The molecule has 0 spiro atoms. The smallest absolute Gasteiger partial charge is 0.262 e. The topological polar surface area (TPSA) is 104 Å². The number of amides is 1. The minimum Gasteiger partial charge on any atom is -0.493 e. The molecule has 0 unspecified atom stereocenters. The zero-order valence-corrected chi connectivity index (χ0v) is 16.3. The molecule has 7 heteroatoms. The van der Waals surface area contributed by atoms with Crippen molar-refractivity contribution in [3.05, 3.63) is 64.7 Å². The van der Waals surface area contributed by atoms with Gasteiger partial charge in [0, 0.05) is 19.2 Å². The third kappa shape index (κ3) is 6.10. The number of hydrogen-bond donors (Lipinski definition) is 1. The average molecular weight is 391 g/mol. The lowest BCUT2D eigenvalue weighted by atomic mass is 10.1. The Morgan fingerprint density at radius 1 is 1.14 bits per heavy atom. The second-order valence-corrected chi connectivity index (χ2v) is 5.89. The van der Waals surface area contributed by atoms with Crippen molar-refractivity contribution in [1.82, 2.24) is 5.32 Å². The Balaban J connectivity index is 2.16. The number of carbonyl (C=O) groups is 1. The van der Waals surface area contributed by atoms with Crippen LogP contribution < -0.4 is 14.8 Å². The molecule has 2 rings (SSSR count). The zero-order chi connectivity index (χ0) is 21.1. The highest BCUT2D eigenvalue weighted by Gasteiger charge is 2.11. The summed E-state index contributed by atoms with van der Waals surface area (Å²) in [6.07, 6.45) is 1.47. The number of hydrogen-bond acceptors (Lipinski definition) is 6.